The van der Waals surface area contributed by atoms with Gasteiger partial charge in [0.05, 0.1) is 5.56 Å². The van der Waals surface area contributed by atoms with Crippen LogP contribution in [0, 0.1) is 17.1 Å². The summed E-state index contributed by atoms with van der Waals surface area (Å²) in [4.78, 5) is 25.8. The van der Waals surface area contributed by atoms with Crippen molar-refractivity contribution in [3.63, 3.8) is 0 Å². The van der Waals surface area contributed by atoms with E-state index in [4.69, 9.17) is 22.1 Å². The topological polar surface area (TPSA) is 96.4 Å². The zero-order chi connectivity index (χ0) is 22.8. The highest BCUT2D eigenvalue weighted by atomic mass is 35.5. The fraction of sp³-hybridized carbons (Fsp3) is 0.125. The van der Waals surface area contributed by atoms with Crippen molar-refractivity contribution in [1.29, 1.82) is 5.26 Å². The normalized spacial score (nSPS) is 15.5. The van der Waals surface area contributed by atoms with Gasteiger partial charge >= 0.3 is 0 Å². The van der Waals surface area contributed by atoms with E-state index < -0.39 is 11.7 Å². The first-order chi connectivity index (χ1) is 15.4. The third kappa shape index (κ3) is 4.13. The van der Waals surface area contributed by atoms with Gasteiger partial charge in [-0.15, -0.1) is 0 Å². The number of benzene rings is 3. The molecule has 3 aromatic rings. The molecule has 3 aromatic carbocycles. The smallest absolute Gasteiger partial charge is 0.248 e. The quantitative estimate of drug-likeness (QED) is 0.607. The molecule has 1 aliphatic rings. The second kappa shape index (κ2) is 8.69. The summed E-state index contributed by atoms with van der Waals surface area (Å²) in [5.41, 5.74) is 6.92. The minimum Gasteiger partial charge on any atom is -0.453 e. The molecule has 160 valence electrons. The van der Waals surface area contributed by atoms with Crippen LogP contribution < -0.4 is 15.4 Å². The molecular formula is C24H17ClFN3O3. The maximum Gasteiger partial charge on any atom is 0.248 e. The fourth-order valence-electron chi connectivity index (χ4n) is 3.74. The third-order valence-corrected chi connectivity index (χ3v) is 5.52. The molecule has 1 unspecified atom stereocenters. The Balaban J connectivity index is 1.67. The summed E-state index contributed by atoms with van der Waals surface area (Å²) < 4.78 is 20.2. The summed E-state index contributed by atoms with van der Waals surface area (Å²) in [6, 6.07) is 17.5. The molecular weight excluding hydrogens is 433 g/mol. The van der Waals surface area contributed by atoms with Crippen molar-refractivity contribution in [2.24, 2.45) is 5.73 Å². The van der Waals surface area contributed by atoms with Crippen LogP contribution in [0.1, 0.15) is 33.8 Å². The lowest BCUT2D eigenvalue weighted by Crippen LogP contribution is -2.24. The SMILES string of the molecule is N#Cc1cccc(F)c1Oc1cc(Cl)ccc1C1CC(=O)N(c2cccc(C(N)=O)c2)C1. The van der Waals surface area contributed by atoms with Crippen LogP contribution in [0.5, 0.6) is 11.5 Å². The summed E-state index contributed by atoms with van der Waals surface area (Å²) >= 11 is 6.14. The molecule has 0 aliphatic carbocycles. The fourth-order valence-corrected chi connectivity index (χ4v) is 3.90. The lowest BCUT2D eigenvalue weighted by molar-refractivity contribution is -0.117. The number of anilines is 1. The number of primary amides is 1. The van der Waals surface area contributed by atoms with E-state index in [-0.39, 0.29) is 35.3 Å². The number of amides is 2. The highest BCUT2D eigenvalue weighted by Gasteiger charge is 2.34. The molecule has 1 atom stereocenters. The third-order valence-electron chi connectivity index (χ3n) is 5.28. The van der Waals surface area contributed by atoms with E-state index in [1.54, 1.807) is 41.3 Å². The van der Waals surface area contributed by atoms with Crippen LogP contribution in [-0.2, 0) is 4.79 Å². The Morgan fingerprint density at radius 3 is 2.72 bits per heavy atom. The largest absolute Gasteiger partial charge is 0.453 e. The van der Waals surface area contributed by atoms with E-state index in [0.717, 1.165) is 0 Å². The van der Waals surface area contributed by atoms with Crippen LogP contribution >= 0.6 is 11.6 Å². The van der Waals surface area contributed by atoms with Crippen molar-refractivity contribution >= 4 is 29.1 Å². The first-order valence-corrected chi connectivity index (χ1v) is 10.1. The first-order valence-electron chi connectivity index (χ1n) is 9.73. The van der Waals surface area contributed by atoms with Crippen molar-refractivity contribution in [1.82, 2.24) is 0 Å². The van der Waals surface area contributed by atoms with E-state index in [9.17, 15) is 19.2 Å². The van der Waals surface area contributed by atoms with Crippen molar-refractivity contribution in [3.05, 3.63) is 88.2 Å². The van der Waals surface area contributed by atoms with E-state index in [0.29, 0.717) is 28.4 Å². The lowest BCUT2D eigenvalue weighted by Gasteiger charge is -2.19. The maximum absolute atomic E-state index is 14.4. The van der Waals surface area contributed by atoms with E-state index >= 15 is 0 Å². The van der Waals surface area contributed by atoms with Crippen molar-refractivity contribution in [3.8, 4) is 17.6 Å². The number of carbonyl (C=O) groups excluding carboxylic acids is 2. The lowest BCUT2D eigenvalue weighted by atomic mass is 9.97. The predicted octanol–water partition coefficient (Wildman–Crippen LogP) is 4.76. The number of nitrogens with zero attached hydrogens (tertiary/aromatic N) is 2. The van der Waals surface area contributed by atoms with Crippen LogP contribution in [0.2, 0.25) is 5.02 Å². The molecule has 0 radical (unpaired) electrons. The number of halogens is 2. The van der Waals surface area contributed by atoms with E-state index in [1.807, 2.05) is 6.07 Å². The van der Waals surface area contributed by atoms with Gasteiger partial charge in [-0.3, -0.25) is 9.59 Å². The first kappa shape index (κ1) is 21.3. The number of hydrogen-bond acceptors (Lipinski definition) is 4. The Labute approximate surface area is 188 Å². The number of ether oxygens (including phenoxy) is 1. The van der Waals surface area contributed by atoms with Crippen LogP contribution in [0.25, 0.3) is 0 Å². The van der Waals surface area contributed by atoms with E-state index in [2.05, 4.69) is 0 Å². The molecule has 2 amide bonds. The number of rotatable bonds is 5. The minimum absolute atomic E-state index is 0.0447. The van der Waals surface area contributed by atoms with Gasteiger partial charge in [0.25, 0.3) is 0 Å². The molecule has 0 spiro atoms. The van der Waals surface area contributed by atoms with Gasteiger partial charge in [0.2, 0.25) is 11.8 Å². The molecule has 1 fully saturated rings. The average Bonchev–Trinajstić information content (AvgIpc) is 3.16. The molecule has 0 saturated carbocycles. The summed E-state index contributed by atoms with van der Waals surface area (Å²) in [5.74, 6) is -1.60. The summed E-state index contributed by atoms with van der Waals surface area (Å²) in [6.07, 6.45) is 0.182. The molecule has 1 saturated heterocycles. The Morgan fingerprint density at radius 2 is 1.97 bits per heavy atom. The zero-order valence-corrected chi connectivity index (χ0v) is 17.5. The Hall–Kier alpha value is -3.89. The van der Waals surface area contributed by atoms with Gasteiger partial charge in [0.15, 0.2) is 11.6 Å². The van der Waals surface area contributed by atoms with Crippen LogP contribution in [-0.4, -0.2) is 18.4 Å². The van der Waals surface area contributed by atoms with Gasteiger partial charge in [-0.25, -0.2) is 4.39 Å². The molecule has 0 bridgehead atoms. The highest BCUT2D eigenvalue weighted by molar-refractivity contribution is 6.30. The zero-order valence-electron chi connectivity index (χ0n) is 16.7. The summed E-state index contributed by atoms with van der Waals surface area (Å²) in [5, 5.41) is 9.68. The number of nitrogens with two attached hydrogens (primary N) is 1. The van der Waals surface area contributed by atoms with Gasteiger partial charge in [-0.05, 0) is 42.5 Å². The predicted molar refractivity (Wildman–Crippen MR) is 117 cm³/mol. The van der Waals surface area contributed by atoms with Gasteiger partial charge in [-0.1, -0.05) is 29.8 Å². The highest BCUT2D eigenvalue weighted by Crippen LogP contribution is 2.40. The second-order valence-electron chi connectivity index (χ2n) is 7.33. The van der Waals surface area contributed by atoms with Gasteiger partial charge < -0.3 is 15.4 Å². The molecule has 8 heteroatoms. The average molecular weight is 450 g/mol. The summed E-state index contributed by atoms with van der Waals surface area (Å²) in [6.45, 7) is 0.321. The molecule has 2 N–H and O–H groups in total. The van der Waals surface area contributed by atoms with Crippen molar-refractivity contribution in [2.45, 2.75) is 12.3 Å². The van der Waals surface area contributed by atoms with Crippen LogP contribution in [0.4, 0.5) is 10.1 Å². The van der Waals surface area contributed by atoms with Gasteiger partial charge in [-0.2, -0.15) is 5.26 Å². The number of carbonyl (C=O) groups is 2. The van der Waals surface area contributed by atoms with Gasteiger partial charge in [0.1, 0.15) is 11.8 Å². The molecule has 1 aliphatic heterocycles. The van der Waals surface area contributed by atoms with Crippen molar-refractivity contribution in [2.75, 3.05) is 11.4 Å². The Bertz CT molecular complexity index is 1270. The molecule has 4 rings (SSSR count). The van der Waals surface area contributed by atoms with Crippen LogP contribution in [0.3, 0.4) is 0 Å². The molecule has 1 heterocycles. The Morgan fingerprint density at radius 1 is 1.19 bits per heavy atom. The monoisotopic (exact) mass is 449 g/mol. The maximum atomic E-state index is 14.4. The number of hydrogen-bond donors (Lipinski definition) is 1. The van der Waals surface area contributed by atoms with Gasteiger partial charge in [0, 0.05) is 40.7 Å². The number of nitriles is 1. The molecule has 32 heavy (non-hydrogen) atoms. The number of para-hydroxylation sites is 1. The standard InChI is InChI=1S/C24H17ClFN3O3/c25-17-7-8-19(21(11-17)32-23-15(12-27)4-2-6-20(23)26)16-10-22(30)29(13-16)18-5-1-3-14(9-18)24(28)31/h1-9,11,16H,10,13H2,(H2,28,31). The van der Waals surface area contributed by atoms with E-state index in [1.165, 1.54) is 24.3 Å². The Kier molecular flexibility index (Phi) is 5.80. The second-order valence-corrected chi connectivity index (χ2v) is 7.77. The summed E-state index contributed by atoms with van der Waals surface area (Å²) in [7, 11) is 0. The minimum atomic E-state index is -0.678. The van der Waals surface area contributed by atoms with Crippen molar-refractivity contribution < 1.29 is 18.7 Å². The van der Waals surface area contributed by atoms with Crippen LogP contribution in [0.15, 0.2) is 60.7 Å². The molecule has 6 nitrogen and oxygen atoms in total. The molecule has 0 aromatic heterocycles.